The number of hydrogen-bond acceptors (Lipinski definition) is 7. The summed E-state index contributed by atoms with van der Waals surface area (Å²) in [5.74, 6) is -2.86. The molecule has 3 saturated carbocycles. The summed E-state index contributed by atoms with van der Waals surface area (Å²) in [5, 5.41) is 13.3. The molecule has 4 aliphatic rings. The summed E-state index contributed by atoms with van der Waals surface area (Å²) in [4.78, 5) is 84.4. The molecular weight excluding hydrogens is 655 g/mol. The fourth-order valence-corrected chi connectivity index (χ4v) is 8.88. The van der Waals surface area contributed by atoms with Crippen LogP contribution in [-0.2, 0) is 24.0 Å². The fraction of sp³-hybridized carbons (Fsp3) is 0.684. The van der Waals surface area contributed by atoms with E-state index < -0.39 is 58.5 Å². The number of Topliss-reactive ketones (excluding diaryl/α,β-unsaturated/α-hetero) is 1. The highest BCUT2D eigenvalue weighted by Gasteiger charge is 2.70. The van der Waals surface area contributed by atoms with Gasteiger partial charge in [-0.3, -0.25) is 28.8 Å². The number of piperidine rings is 1. The first kappa shape index (κ1) is 37.7. The first-order valence-corrected chi connectivity index (χ1v) is 19.1. The van der Waals surface area contributed by atoms with Crippen LogP contribution < -0.4 is 21.3 Å². The van der Waals surface area contributed by atoms with Crippen molar-refractivity contribution in [2.45, 2.75) is 117 Å². The first-order valence-electron chi connectivity index (χ1n) is 18.2. The van der Waals surface area contributed by atoms with Gasteiger partial charge in [-0.2, -0.15) is 0 Å². The lowest BCUT2D eigenvalue weighted by Crippen LogP contribution is -2.64. The molecule has 3 aliphatic carbocycles. The van der Waals surface area contributed by atoms with Crippen molar-refractivity contribution in [3.8, 4) is 0 Å². The Morgan fingerprint density at radius 1 is 1.04 bits per heavy atom. The van der Waals surface area contributed by atoms with Crippen LogP contribution in [0, 0.1) is 34.0 Å². The molecule has 1 saturated heterocycles. The van der Waals surface area contributed by atoms with E-state index in [9.17, 15) is 28.8 Å². The SMILES string of the molecule is C=CCNC(=O)C(=O)C(CC1CC1)NC(=O)[C@@H]1C2C(CN1C(=O)[C@@H](NC(=O)[C@@H](NC(=O)c1cccs1)C1(C)CCCCC1)C(C)(C)C)C2(C)C.[HH].[HH].[HH].[HH]. The molecule has 3 unspecified atom stereocenters. The molecule has 5 rings (SSSR count). The van der Waals surface area contributed by atoms with Crippen LogP contribution in [0.5, 0.6) is 0 Å². The average molecular weight is 718 g/mol. The topological polar surface area (TPSA) is 154 Å². The van der Waals surface area contributed by atoms with Crippen LogP contribution in [0.2, 0.25) is 0 Å². The highest BCUT2D eigenvalue weighted by Crippen LogP contribution is 2.65. The van der Waals surface area contributed by atoms with E-state index in [4.69, 9.17) is 0 Å². The second-order valence-electron chi connectivity index (χ2n) is 16.9. The van der Waals surface area contributed by atoms with Crippen molar-refractivity contribution in [1.82, 2.24) is 26.2 Å². The van der Waals surface area contributed by atoms with Gasteiger partial charge in [0, 0.05) is 18.8 Å². The number of thiophene rings is 1. The molecule has 50 heavy (non-hydrogen) atoms. The van der Waals surface area contributed by atoms with Gasteiger partial charge in [-0.15, -0.1) is 17.9 Å². The largest absolute Gasteiger partial charge is 0.346 e. The van der Waals surface area contributed by atoms with Gasteiger partial charge in [0.2, 0.25) is 23.5 Å². The molecule has 0 aromatic carbocycles. The van der Waals surface area contributed by atoms with Crippen molar-refractivity contribution in [1.29, 1.82) is 0 Å². The number of carbonyl (C=O) groups excluding carboxylic acids is 6. The van der Waals surface area contributed by atoms with E-state index >= 15 is 0 Å². The van der Waals surface area contributed by atoms with Gasteiger partial charge in [-0.1, -0.05) is 85.8 Å². The molecule has 1 aromatic heterocycles. The Kier molecular flexibility index (Phi) is 11.0. The number of carbonyl (C=O) groups is 6. The minimum atomic E-state index is -1.00. The maximum absolute atomic E-state index is 14.6. The first-order chi connectivity index (χ1) is 23.5. The minimum Gasteiger partial charge on any atom is -0.346 e. The van der Waals surface area contributed by atoms with Crippen molar-refractivity contribution >= 4 is 46.7 Å². The van der Waals surface area contributed by atoms with Crippen LogP contribution in [0.15, 0.2) is 30.2 Å². The Labute approximate surface area is 306 Å². The lowest BCUT2D eigenvalue weighted by Gasteiger charge is -2.42. The summed E-state index contributed by atoms with van der Waals surface area (Å²) in [7, 11) is 0. The molecule has 4 fully saturated rings. The average Bonchev–Trinajstić information content (AvgIpc) is 3.75. The molecule has 11 nitrogen and oxygen atoms in total. The molecule has 0 spiro atoms. The van der Waals surface area contributed by atoms with Crippen molar-refractivity contribution in [3.05, 3.63) is 35.0 Å². The maximum Gasteiger partial charge on any atom is 0.289 e. The van der Waals surface area contributed by atoms with Gasteiger partial charge in [-0.05, 0) is 64.7 Å². The summed E-state index contributed by atoms with van der Waals surface area (Å²) in [5.41, 5.74) is -1.42. The number of fused-ring (bicyclic) bond motifs is 1. The number of nitrogens with zero attached hydrogens (tertiary/aromatic N) is 1. The Balaban J connectivity index is 0.00000364. The summed E-state index contributed by atoms with van der Waals surface area (Å²) in [6.07, 6.45) is 8.20. The van der Waals surface area contributed by atoms with E-state index in [0.29, 0.717) is 17.8 Å². The summed E-state index contributed by atoms with van der Waals surface area (Å²) in [6.45, 7) is 15.9. The van der Waals surface area contributed by atoms with E-state index in [0.717, 1.165) is 44.9 Å². The third-order valence-electron chi connectivity index (χ3n) is 11.7. The Morgan fingerprint density at radius 3 is 2.30 bits per heavy atom. The van der Waals surface area contributed by atoms with Crippen LogP contribution in [0.1, 0.15) is 108 Å². The highest BCUT2D eigenvalue weighted by molar-refractivity contribution is 7.12. The standard InChI is InChI=1S/C38H55N5O6S.4H2/c1-8-18-39-33(47)28(44)24(20-22-14-15-22)40-32(46)27-26-23(37(26,5)6)21-43(27)35(49)30(36(2,3)4)42-34(48)29(38(7)16-10-9-11-17-38)41-31(45)25-13-12-19-50-25;;;;/h8,12-13,19,22-24,26-27,29-30H,1,9-11,14-18,20-21H2,2-7H3,(H,39,47)(H,40,46)(H,41,45)(H,42,48);4*1H/t23?,24?,26?,27-,29+,30+;;;;/m0..../s1. The molecule has 4 N–H and O–H groups in total. The molecule has 1 aliphatic heterocycles. The third kappa shape index (κ3) is 8.00. The summed E-state index contributed by atoms with van der Waals surface area (Å²) in [6, 6.07) is -0.197. The Morgan fingerprint density at radius 2 is 1.72 bits per heavy atom. The van der Waals surface area contributed by atoms with Gasteiger partial charge in [0.25, 0.3) is 11.8 Å². The molecule has 0 radical (unpaired) electrons. The van der Waals surface area contributed by atoms with Crippen LogP contribution in [0.25, 0.3) is 0 Å². The quantitative estimate of drug-likeness (QED) is 0.158. The molecule has 5 amide bonds. The van der Waals surface area contributed by atoms with Crippen molar-refractivity contribution < 1.29 is 34.5 Å². The van der Waals surface area contributed by atoms with E-state index in [1.54, 1.807) is 17.0 Å². The van der Waals surface area contributed by atoms with Crippen molar-refractivity contribution in [2.24, 2.45) is 34.0 Å². The number of ketones is 1. The van der Waals surface area contributed by atoms with Crippen LogP contribution >= 0.6 is 11.3 Å². The fourth-order valence-electron chi connectivity index (χ4n) is 8.25. The van der Waals surface area contributed by atoms with E-state index in [1.165, 1.54) is 17.4 Å². The molecule has 2 heterocycles. The predicted octanol–water partition coefficient (Wildman–Crippen LogP) is 4.97. The summed E-state index contributed by atoms with van der Waals surface area (Å²) >= 11 is 1.30. The lowest BCUT2D eigenvalue weighted by atomic mass is 9.70. The van der Waals surface area contributed by atoms with Gasteiger partial charge in [-0.25, -0.2) is 0 Å². The summed E-state index contributed by atoms with van der Waals surface area (Å²) < 4.78 is 0. The van der Waals surface area contributed by atoms with Crippen molar-refractivity contribution in [2.75, 3.05) is 13.1 Å². The van der Waals surface area contributed by atoms with Crippen LogP contribution in [0.3, 0.4) is 0 Å². The molecule has 0 bridgehead atoms. The number of rotatable bonds is 14. The van der Waals surface area contributed by atoms with Gasteiger partial charge in [0.1, 0.15) is 18.1 Å². The van der Waals surface area contributed by atoms with E-state index in [1.807, 2.05) is 33.1 Å². The smallest absolute Gasteiger partial charge is 0.289 e. The van der Waals surface area contributed by atoms with Gasteiger partial charge < -0.3 is 26.2 Å². The lowest BCUT2D eigenvalue weighted by molar-refractivity contribution is -0.147. The van der Waals surface area contributed by atoms with Crippen molar-refractivity contribution in [3.63, 3.8) is 0 Å². The van der Waals surface area contributed by atoms with Gasteiger partial charge in [0.15, 0.2) is 0 Å². The second-order valence-corrected chi connectivity index (χ2v) is 17.8. The second kappa shape index (κ2) is 14.6. The van der Waals surface area contributed by atoms with Gasteiger partial charge >= 0.3 is 0 Å². The number of likely N-dealkylation sites (tertiary alicyclic amines) is 1. The van der Waals surface area contributed by atoms with E-state index in [2.05, 4.69) is 41.7 Å². The zero-order chi connectivity index (χ0) is 36.6. The molecule has 282 valence electrons. The molecular formula is C38H63N5O6S. The number of amides is 5. The Bertz CT molecular complexity index is 1510. The molecule has 6 atom stereocenters. The van der Waals surface area contributed by atoms with Crippen LogP contribution in [-0.4, -0.2) is 77.5 Å². The molecule has 1 aromatic rings. The molecule has 12 heteroatoms. The zero-order valence-electron chi connectivity index (χ0n) is 30.4. The number of hydrogen-bond donors (Lipinski definition) is 4. The third-order valence-corrected chi connectivity index (χ3v) is 12.5. The predicted molar refractivity (Wildman–Crippen MR) is 200 cm³/mol. The monoisotopic (exact) mass is 717 g/mol. The Hall–Kier alpha value is -3.54. The normalized spacial score (nSPS) is 25.2. The zero-order valence-corrected chi connectivity index (χ0v) is 31.3. The maximum atomic E-state index is 14.6. The highest BCUT2D eigenvalue weighted by atomic mass is 32.1. The minimum absolute atomic E-state index is 0. The van der Waals surface area contributed by atoms with Gasteiger partial charge in [0.05, 0.1) is 10.9 Å². The number of nitrogens with one attached hydrogen (secondary N) is 4. The van der Waals surface area contributed by atoms with Crippen LogP contribution in [0.4, 0.5) is 0 Å². The van der Waals surface area contributed by atoms with E-state index in [-0.39, 0.29) is 47.2 Å².